The van der Waals surface area contributed by atoms with Crippen LogP contribution in [0.5, 0.6) is 0 Å². The molecule has 0 aromatic heterocycles. The molecule has 8 atom stereocenters. The maximum absolute atomic E-state index is 9.62. The van der Waals surface area contributed by atoms with Crippen LogP contribution >= 0.6 is 0 Å². The second-order valence-corrected chi connectivity index (χ2v) is 7.21. The van der Waals surface area contributed by atoms with Gasteiger partial charge in [-0.3, -0.25) is 0 Å². The molecular formula is C13H20BNO3. The third-order valence-corrected chi connectivity index (χ3v) is 6.45. The molecule has 3 aliphatic carbocycles. The van der Waals surface area contributed by atoms with Gasteiger partial charge in [-0.1, -0.05) is 0 Å². The molecular weight excluding hydrogens is 229 g/mol. The van der Waals surface area contributed by atoms with Gasteiger partial charge in [0.1, 0.15) is 0 Å². The molecule has 5 rings (SSSR count). The number of fused-ring (bicyclic) bond motifs is 3. The molecule has 0 radical (unpaired) electrons. The van der Waals surface area contributed by atoms with Crippen molar-refractivity contribution in [2.24, 2.45) is 23.7 Å². The summed E-state index contributed by atoms with van der Waals surface area (Å²) in [6.45, 7) is 2.94. The Kier molecular flexibility index (Phi) is 1.86. The third-order valence-electron chi connectivity index (χ3n) is 6.45. The van der Waals surface area contributed by atoms with Crippen molar-refractivity contribution in [2.75, 3.05) is 6.54 Å². The van der Waals surface area contributed by atoms with Crippen molar-refractivity contribution in [1.82, 2.24) is 5.32 Å². The fourth-order valence-electron chi connectivity index (χ4n) is 5.51. The average Bonchev–Trinajstić information content (AvgIpc) is 2.87. The van der Waals surface area contributed by atoms with E-state index < -0.39 is 0 Å². The smallest absolute Gasteiger partial charge is 0.404 e. The number of aliphatic hydroxyl groups excluding tert-OH is 1. The Labute approximate surface area is 108 Å². The zero-order valence-electron chi connectivity index (χ0n) is 10.7. The number of rotatable bonds is 1. The van der Waals surface area contributed by atoms with Crippen LogP contribution in [-0.2, 0) is 9.31 Å². The van der Waals surface area contributed by atoms with Crippen molar-refractivity contribution < 1.29 is 14.4 Å². The van der Waals surface area contributed by atoms with Gasteiger partial charge in [0.25, 0.3) is 0 Å². The van der Waals surface area contributed by atoms with E-state index in [0.29, 0.717) is 12.6 Å². The quantitative estimate of drug-likeness (QED) is 0.652. The van der Waals surface area contributed by atoms with Crippen LogP contribution < -0.4 is 5.32 Å². The lowest BCUT2D eigenvalue weighted by atomic mass is 9.51. The molecule has 3 saturated carbocycles. The van der Waals surface area contributed by atoms with E-state index in [1.165, 1.54) is 12.8 Å². The number of hydrogen-bond donors (Lipinski definition) is 2. The highest BCUT2D eigenvalue weighted by atomic mass is 16.7. The Morgan fingerprint density at radius 2 is 2.22 bits per heavy atom. The molecule has 2 N–H and O–H groups in total. The standard InChI is InChI=1S/C13H20BNO3/c1-13-9-3-6-2-8(11(6)9)12(13)17-14(18-13)10-4-7(16)5-15-10/h6-12,15-16H,2-5H2,1H3/t6?,7-,8?,9?,10-,11?,12?,13-/m0/s1. The minimum absolute atomic E-state index is 0.0395. The Balaban J connectivity index is 1.39. The fourth-order valence-corrected chi connectivity index (χ4v) is 5.51. The average molecular weight is 249 g/mol. The van der Waals surface area contributed by atoms with Crippen LogP contribution in [0.25, 0.3) is 0 Å². The zero-order chi connectivity index (χ0) is 12.1. The van der Waals surface area contributed by atoms with Gasteiger partial charge in [0, 0.05) is 12.5 Å². The van der Waals surface area contributed by atoms with Crippen LogP contribution in [0.15, 0.2) is 0 Å². The van der Waals surface area contributed by atoms with Crippen molar-refractivity contribution in [3.05, 3.63) is 0 Å². The van der Waals surface area contributed by atoms with Crippen LogP contribution in [0.4, 0.5) is 0 Å². The van der Waals surface area contributed by atoms with Gasteiger partial charge in [-0.05, 0) is 49.9 Å². The second-order valence-electron chi connectivity index (χ2n) is 7.21. The van der Waals surface area contributed by atoms with E-state index in [9.17, 15) is 5.11 Å². The van der Waals surface area contributed by atoms with Gasteiger partial charge in [0.2, 0.25) is 0 Å². The summed E-state index contributed by atoms with van der Waals surface area (Å²) in [4.78, 5) is 0. The molecule has 98 valence electrons. The molecule has 18 heavy (non-hydrogen) atoms. The minimum atomic E-state index is -0.236. The Morgan fingerprint density at radius 3 is 2.94 bits per heavy atom. The topological polar surface area (TPSA) is 50.7 Å². The molecule has 5 fully saturated rings. The van der Waals surface area contributed by atoms with E-state index in [0.717, 1.165) is 30.1 Å². The van der Waals surface area contributed by atoms with Crippen LogP contribution in [0.3, 0.4) is 0 Å². The Morgan fingerprint density at radius 1 is 1.33 bits per heavy atom. The first-order valence-corrected chi connectivity index (χ1v) is 7.41. The summed E-state index contributed by atoms with van der Waals surface area (Å²) >= 11 is 0. The predicted octanol–water partition coefficient (Wildman–Crippen LogP) is 0.196. The van der Waals surface area contributed by atoms with Gasteiger partial charge in [0.05, 0.1) is 17.8 Å². The summed E-state index contributed by atoms with van der Waals surface area (Å²) in [5.74, 6) is 3.57. The summed E-state index contributed by atoms with van der Waals surface area (Å²) < 4.78 is 12.6. The van der Waals surface area contributed by atoms with Gasteiger partial charge >= 0.3 is 7.12 Å². The van der Waals surface area contributed by atoms with Crippen LogP contribution in [0.2, 0.25) is 0 Å². The predicted molar refractivity (Wildman–Crippen MR) is 65.7 cm³/mol. The summed E-state index contributed by atoms with van der Waals surface area (Å²) in [6, 6.07) is 0. The van der Waals surface area contributed by atoms with Gasteiger partial charge in [-0.2, -0.15) is 0 Å². The molecule has 5 unspecified atom stereocenters. The maximum atomic E-state index is 9.62. The van der Waals surface area contributed by atoms with Crippen molar-refractivity contribution in [3.8, 4) is 0 Å². The van der Waals surface area contributed by atoms with Gasteiger partial charge in [0.15, 0.2) is 0 Å². The minimum Gasteiger partial charge on any atom is -0.404 e. The van der Waals surface area contributed by atoms with E-state index in [2.05, 4.69) is 12.2 Å². The Bertz CT molecular complexity index is 408. The fraction of sp³-hybridized carbons (Fsp3) is 1.00. The molecule has 5 aliphatic rings. The van der Waals surface area contributed by atoms with Crippen molar-refractivity contribution in [3.63, 3.8) is 0 Å². The van der Waals surface area contributed by atoms with Crippen LogP contribution in [-0.4, -0.2) is 42.5 Å². The molecule has 2 saturated heterocycles. The lowest BCUT2D eigenvalue weighted by Gasteiger charge is -2.55. The molecule has 0 spiro atoms. The maximum Gasteiger partial charge on any atom is 0.475 e. The number of β-amino-alcohol motifs (C(OH)–C–C–N with tert-alkyl or cyclic N) is 1. The van der Waals surface area contributed by atoms with E-state index in [1.54, 1.807) is 0 Å². The molecule has 0 bridgehead atoms. The molecule has 0 aromatic rings. The zero-order valence-corrected chi connectivity index (χ0v) is 10.7. The van der Waals surface area contributed by atoms with E-state index in [-0.39, 0.29) is 24.8 Å². The van der Waals surface area contributed by atoms with E-state index in [1.807, 2.05) is 0 Å². The number of hydrogen-bond acceptors (Lipinski definition) is 4. The highest BCUT2D eigenvalue weighted by Crippen LogP contribution is 2.71. The van der Waals surface area contributed by atoms with E-state index >= 15 is 0 Å². The van der Waals surface area contributed by atoms with Gasteiger partial charge in [-0.25, -0.2) is 0 Å². The highest BCUT2D eigenvalue weighted by molar-refractivity contribution is 6.47. The first kappa shape index (κ1) is 10.7. The summed E-state index contributed by atoms with van der Waals surface area (Å²) in [5, 5.41) is 12.9. The SMILES string of the molecule is C[C@@]12OB([C@@H]3C[C@H](O)CN3)OC1C1CC3CC2C31. The third kappa shape index (κ3) is 1.05. The summed E-state index contributed by atoms with van der Waals surface area (Å²) in [7, 11) is -0.141. The Hall–Kier alpha value is -0.0951. The van der Waals surface area contributed by atoms with Gasteiger partial charge < -0.3 is 19.7 Å². The molecule has 2 aliphatic heterocycles. The normalized spacial score (nSPS) is 64.3. The van der Waals surface area contributed by atoms with Gasteiger partial charge in [-0.15, -0.1) is 0 Å². The molecule has 4 nitrogen and oxygen atoms in total. The monoisotopic (exact) mass is 249 g/mol. The number of aliphatic hydroxyl groups is 1. The van der Waals surface area contributed by atoms with Crippen molar-refractivity contribution in [2.45, 2.75) is 49.9 Å². The van der Waals surface area contributed by atoms with Crippen molar-refractivity contribution in [1.29, 1.82) is 0 Å². The second kappa shape index (κ2) is 3.14. The molecule has 2 heterocycles. The molecule has 0 amide bonds. The van der Waals surface area contributed by atoms with E-state index in [4.69, 9.17) is 9.31 Å². The lowest BCUT2D eigenvalue weighted by Crippen LogP contribution is -2.53. The first-order chi connectivity index (χ1) is 8.67. The number of nitrogens with one attached hydrogen (secondary N) is 1. The lowest BCUT2D eigenvalue weighted by molar-refractivity contribution is -0.0888. The summed E-state index contributed by atoms with van der Waals surface area (Å²) in [5.41, 5.74) is -0.0395. The highest BCUT2D eigenvalue weighted by Gasteiger charge is 2.74. The molecule has 0 aromatic carbocycles. The van der Waals surface area contributed by atoms with Crippen molar-refractivity contribution >= 4 is 7.12 Å². The van der Waals surface area contributed by atoms with Crippen LogP contribution in [0, 0.1) is 23.7 Å². The molecule has 5 heteroatoms. The summed E-state index contributed by atoms with van der Waals surface area (Å²) in [6.07, 6.45) is 3.55. The van der Waals surface area contributed by atoms with Crippen LogP contribution in [0.1, 0.15) is 26.2 Å². The largest absolute Gasteiger partial charge is 0.475 e. The first-order valence-electron chi connectivity index (χ1n) is 7.41.